The Hall–Kier alpha value is -2.31. The summed E-state index contributed by atoms with van der Waals surface area (Å²) < 4.78 is 3.08. The van der Waals surface area contributed by atoms with Crippen molar-refractivity contribution >= 4 is 50.7 Å². The van der Waals surface area contributed by atoms with Gasteiger partial charge in [-0.15, -0.1) is 11.3 Å². The second kappa shape index (κ2) is 8.80. The van der Waals surface area contributed by atoms with Gasteiger partial charge in [-0.3, -0.25) is 14.5 Å². The molecule has 0 bridgehead atoms. The number of thiophene rings is 1. The van der Waals surface area contributed by atoms with Crippen LogP contribution >= 0.6 is 22.9 Å². The lowest BCUT2D eigenvalue weighted by Gasteiger charge is -2.45. The molecular weight excluding hydrogens is 454 g/mol. The van der Waals surface area contributed by atoms with Crippen molar-refractivity contribution in [1.82, 2.24) is 9.88 Å². The van der Waals surface area contributed by atoms with E-state index in [4.69, 9.17) is 11.6 Å². The van der Waals surface area contributed by atoms with E-state index in [2.05, 4.69) is 5.32 Å². The van der Waals surface area contributed by atoms with Gasteiger partial charge in [0.1, 0.15) is 11.2 Å². The molecule has 33 heavy (non-hydrogen) atoms. The SMILES string of the molecule is Cc1c(Cl)cccc1N1C(=O)c2cc3sccc3n2C[C@]1(C)C(=O)NC1CCCCCCC1. The second-order valence-corrected chi connectivity index (χ2v) is 11.0. The van der Waals surface area contributed by atoms with Crippen molar-refractivity contribution in [3.8, 4) is 0 Å². The molecule has 1 fully saturated rings. The standard InChI is InChI=1S/C26H30ClN3O2S/c1-17-19(27)11-8-12-20(17)30-24(31)22-15-23-21(13-14-33-23)29(22)16-26(30,2)25(32)28-18-9-6-4-3-5-7-10-18/h8,11-15,18H,3-7,9-10,16H2,1-2H3,(H,28,32)/t26-/m1/s1. The fraction of sp³-hybridized carbons (Fsp3) is 0.462. The number of hydrogen-bond acceptors (Lipinski definition) is 3. The highest BCUT2D eigenvalue weighted by Crippen LogP contribution is 2.39. The van der Waals surface area contributed by atoms with E-state index in [0.29, 0.717) is 22.9 Å². The Morgan fingerprint density at radius 2 is 1.88 bits per heavy atom. The first-order valence-corrected chi connectivity index (χ1v) is 13.1. The van der Waals surface area contributed by atoms with E-state index < -0.39 is 5.54 Å². The molecule has 2 amide bonds. The first kappa shape index (κ1) is 22.5. The summed E-state index contributed by atoms with van der Waals surface area (Å²) in [6.07, 6.45) is 7.98. The largest absolute Gasteiger partial charge is 0.351 e. The summed E-state index contributed by atoms with van der Waals surface area (Å²) in [4.78, 5) is 29.6. The fourth-order valence-electron chi connectivity index (χ4n) is 5.37. The molecule has 3 aromatic rings. The van der Waals surface area contributed by atoms with Crippen molar-refractivity contribution in [3.63, 3.8) is 0 Å². The molecule has 0 spiro atoms. The van der Waals surface area contributed by atoms with Crippen LogP contribution < -0.4 is 10.2 Å². The zero-order chi connectivity index (χ0) is 23.2. The van der Waals surface area contributed by atoms with Gasteiger partial charge in [0, 0.05) is 16.8 Å². The van der Waals surface area contributed by atoms with Gasteiger partial charge in [0.25, 0.3) is 5.91 Å². The maximum Gasteiger partial charge on any atom is 0.275 e. The van der Waals surface area contributed by atoms with Gasteiger partial charge in [-0.1, -0.05) is 49.8 Å². The van der Waals surface area contributed by atoms with Crippen molar-refractivity contribution < 1.29 is 9.59 Å². The number of aromatic nitrogens is 1. The number of anilines is 1. The zero-order valence-electron chi connectivity index (χ0n) is 19.2. The smallest absolute Gasteiger partial charge is 0.275 e. The van der Waals surface area contributed by atoms with Crippen molar-refractivity contribution in [2.75, 3.05) is 4.90 Å². The van der Waals surface area contributed by atoms with E-state index in [9.17, 15) is 9.59 Å². The van der Waals surface area contributed by atoms with Gasteiger partial charge < -0.3 is 9.88 Å². The van der Waals surface area contributed by atoms with E-state index in [-0.39, 0.29) is 17.9 Å². The Morgan fingerprint density at radius 3 is 2.64 bits per heavy atom. The van der Waals surface area contributed by atoms with Crippen molar-refractivity contribution in [1.29, 1.82) is 0 Å². The van der Waals surface area contributed by atoms with Crippen LogP contribution in [0.15, 0.2) is 35.7 Å². The van der Waals surface area contributed by atoms with Gasteiger partial charge in [0.2, 0.25) is 5.91 Å². The lowest BCUT2D eigenvalue weighted by molar-refractivity contribution is -0.127. The van der Waals surface area contributed by atoms with Crippen LogP contribution in [0.25, 0.3) is 10.2 Å². The van der Waals surface area contributed by atoms with Crippen LogP contribution in [-0.2, 0) is 11.3 Å². The topological polar surface area (TPSA) is 54.3 Å². The summed E-state index contributed by atoms with van der Waals surface area (Å²) in [7, 11) is 0. The van der Waals surface area contributed by atoms with Crippen LogP contribution in [0.3, 0.4) is 0 Å². The van der Waals surface area contributed by atoms with E-state index in [0.717, 1.165) is 41.5 Å². The molecule has 1 aromatic carbocycles. The van der Waals surface area contributed by atoms with Crippen LogP contribution in [0.1, 0.15) is 67.9 Å². The summed E-state index contributed by atoms with van der Waals surface area (Å²) in [5.41, 5.74) is 2.05. The average molecular weight is 484 g/mol. The number of nitrogens with one attached hydrogen (secondary N) is 1. The third-order valence-electron chi connectivity index (χ3n) is 7.31. The summed E-state index contributed by atoms with van der Waals surface area (Å²) in [5, 5.41) is 5.96. The van der Waals surface area contributed by atoms with Crippen LogP contribution in [0.4, 0.5) is 5.69 Å². The average Bonchev–Trinajstić information content (AvgIpc) is 3.35. The monoisotopic (exact) mass is 483 g/mol. The highest BCUT2D eigenvalue weighted by atomic mass is 35.5. The zero-order valence-corrected chi connectivity index (χ0v) is 20.8. The molecule has 5 rings (SSSR count). The molecule has 174 valence electrons. The Morgan fingerprint density at radius 1 is 1.15 bits per heavy atom. The van der Waals surface area contributed by atoms with Gasteiger partial charge in [-0.2, -0.15) is 0 Å². The molecule has 1 atom stereocenters. The number of amides is 2. The fourth-order valence-corrected chi connectivity index (χ4v) is 6.36. The Balaban J connectivity index is 1.58. The molecule has 7 heteroatoms. The minimum atomic E-state index is -1.07. The highest BCUT2D eigenvalue weighted by molar-refractivity contribution is 7.17. The van der Waals surface area contributed by atoms with E-state index in [1.807, 2.05) is 54.1 Å². The molecular formula is C26H30ClN3O2S. The Kier molecular flexibility index (Phi) is 6.00. The molecule has 0 unspecified atom stereocenters. The maximum absolute atomic E-state index is 14.0. The van der Waals surface area contributed by atoms with Crippen LogP contribution in [0.5, 0.6) is 0 Å². The molecule has 1 saturated carbocycles. The molecule has 0 radical (unpaired) electrons. The van der Waals surface area contributed by atoms with Crippen molar-refractivity contribution in [2.24, 2.45) is 0 Å². The number of carbonyl (C=O) groups excluding carboxylic acids is 2. The quantitative estimate of drug-likeness (QED) is 0.474. The summed E-state index contributed by atoms with van der Waals surface area (Å²) >= 11 is 8.06. The van der Waals surface area contributed by atoms with Crippen molar-refractivity contribution in [2.45, 2.75) is 76.9 Å². The Labute approximate surface area is 203 Å². The van der Waals surface area contributed by atoms with Gasteiger partial charge in [0.15, 0.2) is 0 Å². The van der Waals surface area contributed by atoms with Crippen molar-refractivity contribution in [3.05, 3.63) is 52.0 Å². The van der Waals surface area contributed by atoms with Gasteiger partial charge >= 0.3 is 0 Å². The van der Waals surface area contributed by atoms with Crippen LogP contribution in [0.2, 0.25) is 5.02 Å². The minimum Gasteiger partial charge on any atom is -0.351 e. The number of hydrogen-bond donors (Lipinski definition) is 1. The highest BCUT2D eigenvalue weighted by Gasteiger charge is 2.49. The van der Waals surface area contributed by atoms with Crippen LogP contribution in [0, 0.1) is 6.92 Å². The minimum absolute atomic E-state index is 0.0940. The Bertz CT molecular complexity index is 1210. The number of nitrogens with zero attached hydrogens (tertiary/aromatic N) is 2. The van der Waals surface area contributed by atoms with E-state index in [1.165, 1.54) is 19.3 Å². The number of rotatable bonds is 3. The van der Waals surface area contributed by atoms with E-state index in [1.54, 1.807) is 16.2 Å². The van der Waals surface area contributed by atoms with E-state index >= 15 is 0 Å². The lowest BCUT2D eigenvalue weighted by Crippen LogP contribution is -2.65. The summed E-state index contributed by atoms with van der Waals surface area (Å²) in [6.45, 7) is 4.20. The number of fused-ring (bicyclic) bond motifs is 3. The van der Waals surface area contributed by atoms with Gasteiger partial charge in [0.05, 0.1) is 16.8 Å². The van der Waals surface area contributed by atoms with Crippen LogP contribution in [-0.4, -0.2) is 28.0 Å². The number of carbonyl (C=O) groups is 2. The summed E-state index contributed by atoms with van der Waals surface area (Å²) in [5.74, 6) is -0.256. The predicted octanol–water partition coefficient (Wildman–Crippen LogP) is 6.31. The third kappa shape index (κ3) is 3.87. The first-order valence-electron chi connectivity index (χ1n) is 11.9. The first-order chi connectivity index (χ1) is 15.9. The number of halogens is 1. The third-order valence-corrected chi connectivity index (χ3v) is 8.58. The summed E-state index contributed by atoms with van der Waals surface area (Å²) in [6, 6.07) is 9.68. The molecule has 1 aliphatic heterocycles. The predicted molar refractivity (Wildman–Crippen MR) is 135 cm³/mol. The normalized spacial score (nSPS) is 22.2. The number of benzene rings is 1. The molecule has 2 aliphatic rings. The lowest BCUT2D eigenvalue weighted by atomic mass is 9.91. The molecule has 1 N–H and O–H groups in total. The molecule has 3 heterocycles. The molecule has 1 aliphatic carbocycles. The van der Waals surface area contributed by atoms with Gasteiger partial charge in [-0.05, 0) is 61.9 Å². The second-order valence-electron chi connectivity index (χ2n) is 9.60. The van der Waals surface area contributed by atoms with Gasteiger partial charge in [-0.25, -0.2) is 0 Å². The molecule has 2 aromatic heterocycles. The maximum atomic E-state index is 14.0. The molecule has 0 saturated heterocycles. The molecule has 5 nitrogen and oxygen atoms in total.